The van der Waals surface area contributed by atoms with E-state index >= 15 is 0 Å². The molecule has 1 fully saturated rings. The molecule has 3 heteroatoms. The second kappa shape index (κ2) is 2.50. The van der Waals surface area contributed by atoms with Gasteiger partial charge in [0.25, 0.3) is 0 Å². The Kier molecular flexibility index (Phi) is 1.40. The summed E-state index contributed by atoms with van der Waals surface area (Å²) in [6.07, 6.45) is 2.47. The fourth-order valence-corrected chi connectivity index (χ4v) is 1.97. The molecule has 0 radical (unpaired) electrons. The number of phenolic OH excluding ortho intramolecular Hbond substituents is 1. The molecule has 1 aliphatic carbocycles. The SMILES string of the molecule is Cn1c(C2CC2)nc2cccc(O)c21. The van der Waals surface area contributed by atoms with E-state index < -0.39 is 0 Å². The van der Waals surface area contributed by atoms with Crippen LogP contribution in [0.25, 0.3) is 11.0 Å². The van der Waals surface area contributed by atoms with Crippen LogP contribution in [0, 0.1) is 0 Å². The average molecular weight is 188 g/mol. The number of benzene rings is 1. The van der Waals surface area contributed by atoms with Gasteiger partial charge in [-0.25, -0.2) is 4.98 Å². The average Bonchev–Trinajstić information content (AvgIpc) is 2.93. The van der Waals surface area contributed by atoms with Crippen LogP contribution in [0.3, 0.4) is 0 Å². The van der Waals surface area contributed by atoms with Crippen LogP contribution >= 0.6 is 0 Å². The molecule has 0 bridgehead atoms. The van der Waals surface area contributed by atoms with Gasteiger partial charge in [-0.1, -0.05) is 6.07 Å². The van der Waals surface area contributed by atoms with Gasteiger partial charge in [-0.15, -0.1) is 0 Å². The van der Waals surface area contributed by atoms with Gasteiger partial charge in [-0.2, -0.15) is 0 Å². The smallest absolute Gasteiger partial charge is 0.141 e. The van der Waals surface area contributed by atoms with Crippen molar-refractivity contribution in [2.75, 3.05) is 0 Å². The topological polar surface area (TPSA) is 38.0 Å². The number of aromatic hydroxyl groups is 1. The van der Waals surface area contributed by atoms with Gasteiger partial charge in [-0.05, 0) is 25.0 Å². The summed E-state index contributed by atoms with van der Waals surface area (Å²) in [7, 11) is 1.97. The Labute approximate surface area is 82.0 Å². The predicted octanol–water partition coefficient (Wildman–Crippen LogP) is 2.16. The summed E-state index contributed by atoms with van der Waals surface area (Å²) in [6, 6.07) is 5.49. The van der Waals surface area contributed by atoms with Gasteiger partial charge in [0.05, 0.1) is 5.52 Å². The predicted molar refractivity (Wildman–Crippen MR) is 54.4 cm³/mol. The molecular weight excluding hydrogens is 176 g/mol. The minimum atomic E-state index is 0.324. The van der Waals surface area contributed by atoms with Crippen molar-refractivity contribution in [3.05, 3.63) is 24.0 Å². The Morgan fingerprint density at radius 3 is 2.86 bits per heavy atom. The first-order valence-electron chi connectivity index (χ1n) is 4.91. The highest BCUT2D eigenvalue weighted by molar-refractivity contribution is 5.82. The number of aromatic nitrogens is 2. The molecule has 3 rings (SSSR count). The second-order valence-corrected chi connectivity index (χ2v) is 3.95. The van der Waals surface area contributed by atoms with Crippen molar-refractivity contribution >= 4 is 11.0 Å². The van der Waals surface area contributed by atoms with Crippen LogP contribution in [0.1, 0.15) is 24.6 Å². The number of hydrogen-bond donors (Lipinski definition) is 1. The highest BCUT2D eigenvalue weighted by Gasteiger charge is 2.28. The molecule has 0 unspecified atom stereocenters. The van der Waals surface area contributed by atoms with Gasteiger partial charge in [0.2, 0.25) is 0 Å². The van der Waals surface area contributed by atoms with Crippen LogP contribution in [0.15, 0.2) is 18.2 Å². The first-order chi connectivity index (χ1) is 6.77. The monoisotopic (exact) mass is 188 g/mol. The largest absolute Gasteiger partial charge is 0.506 e. The molecule has 2 aromatic rings. The summed E-state index contributed by atoms with van der Waals surface area (Å²) in [5.74, 6) is 2.05. The number of nitrogens with zero attached hydrogens (tertiary/aromatic N) is 2. The van der Waals surface area contributed by atoms with Crippen molar-refractivity contribution in [1.29, 1.82) is 0 Å². The summed E-state index contributed by atoms with van der Waals surface area (Å²) in [6.45, 7) is 0. The van der Waals surface area contributed by atoms with Gasteiger partial charge in [0.1, 0.15) is 17.1 Å². The van der Waals surface area contributed by atoms with Gasteiger partial charge in [-0.3, -0.25) is 0 Å². The van der Waals surface area contributed by atoms with Gasteiger partial charge >= 0.3 is 0 Å². The molecule has 0 amide bonds. The van der Waals surface area contributed by atoms with E-state index in [-0.39, 0.29) is 0 Å². The maximum atomic E-state index is 9.71. The van der Waals surface area contributed by atoms with E-state index in [4.69, 9.17) is 0 Å². The zero-order chi connectivity index (χ0) is 9.71. The minimum Gasteiger partial charge on any atom is -0.506 e. The Morgan fingerprint density at radius 1 is 1.43 bits per heavy atom. The quantitative estimate of drug-likeness (QED) is 0.744. The third-order valence-corrected chi connectivity index (χ3v) is 2.85. The molecule has 1 aliphatic rings. The van der Waals surface area contributed by atoms with Gasteiger partial charge < -0.3 is 9.67 Å². The van der Waals surface area contributed by atoms with Crippen LogP contribution < -0.4 is 0 Å². The molecule has 1 aromatic heterocycles. The maximum absolute atomic E-state index is 9.71. The molecule has 14 heavy (non-hydrogen) atoms. The summed E-state index contributed by atoms with van der Waals surface area (Å²) >= 11 is 0. The molecule has 0 spiro atoms. The lowest BCUT2D eigenvalue weighted by Gasteiger charge is -2.00. The summed E-state index contributed by atoms with van der Waals surface area (Å²) < 4.78 is 2.02. The number of hydrogen-bond acceptors (Lipinski definition) is 2. The zero-order valence-corrected chi connectivity index (χ0v) is 8.07. The van der Waals surface area contributed by atoms with E-state index in [1.165, 1.54) is 12.8 Å². The molecular formula is C11H12N2O. The molecule has 1 N–H and O–H groups in total. The molecule has 0 saturated heterocycles. The Morgan fingerprint density at radius 2 is 2.21 bits per heavy atom. The van der Waals surface area contributed by atoms with E-state index in [1.807, 2.05) is 23.7 Å². The van der Waals surface area contributed by atoms with Crippen molar-refractivity contribution in [2.24, 2.45) is 7.05 Å². The fraction of sp³-hybridized carbons (Fsp3) is 0.364. The molecule has 1 heterocycles. The van der Waals surface area contributed by atoms with E-state index in [0.717, 1.165) is 16.9 Å². The molecule has 0 aliphatic heterocycles. The van der Waals surface area contributed by atoms with Gasteiger partial charge in [0.15, 0.2) is 0 Å². The molecule has 72 valence electrons. The first kappa shape index (κ1) is 7.85. The molecule has 0 atom stereocenters. The number of imidazole rings is 1. The minimum absolute atomic E-state index is 0.324. The van der Waals surface area contributed by atoms with Crippen molar-refractivity contribution in [3.8, 4) is 5.75 Å². The van der Waals surface area contributed by atoms with E-state index in [9.17, 15) is 5.11 Å². The summed E-state index contributed by atoms with van der Waals surface area (Å²) in [4.78, 5) is 4.54. The Hall–Kier alpha value is -1.51. The summed E-state index contributed by atoms with van der Waals surface area (Å²) in [5.41, 5.74) is 1.75. The van der Waals surface area contributed by atoms with Crippen LogP contribution in [-0.4, -0.2) is 14.7 Å². The third-order valence-electron chi connectivity index (χ3n) is 2.85. The van der Waals surface area contributed by atoms with Crippen molar-refractivity contribution in [2.45, 2.75) is 18.8 Å². The number of fused-ring (bicyclic) bond motifs is 1. The zero-order valence-electron chi connectivity index (χ0n) is 8.07. The lowest BCUT2D eigenvalue weighted by Crippen LogP contribution is -1.94. The Bertz CT molecular complexity index is 497. The first-order valence-corrected chi connectivity index (χ1v) is 4.91. The third kappa shape index (κ3) is 0.953. The highest BCUT2D eigenvalue weighted by Crippen LogP contribution is 2.41. The van der Waals surface area contributed by atoms with E-state index in [1.54, 1.807) is 6.07 Å². The number of phenols is 1. The lowest BCUT2D eigenvalue weighted by atomic mass is 10.3. The second-order valence-electron chi connectivity index (χ2n) is 3.95. The van der Waals surface area contributed by atoms with Crippen LogP contribution in [0.4, 0.5) is 0 Å². The fourth-order valence-electron chi connectivity index (χ4n) is 1.97. The van der Waals surface area contributed by atoms with Crippen molar-refractivity contribution in [1.82, 2.24) is 9.55 Å². The number of aryl methyl sites for hydroxylation is 1. The normalized spacial score (nSPS) is 16.4. The number of rotatable bonds is 1. The maximum Gasteiger partial charge on any atom is 0.141 e. The summed E-state index contributed by atoms with van der Waals surface area (Å²) in [5, 5.41) is 9.71. The highest BCUT2D eigenvalue weighted by atomic mass is 16.3. The molecule has 1 saturated carbocycles. The van der Waals surface area contributed by atoms with E-state index in [2.05, 4.69) is 4.98 Å². The number of para-hydroxylation sites is 1. The van der Waals surface area contributed by atoms with Crippen molar-refractivity contribution in [3.63, 3.8) is 0 Å². The van der Waals surface area contributed by atoms with Gasteiger partial charge in [0, 0.05) is 13.0 Å². The molecule has 1 aromatic carbocycles. The van der Waals surface area contributed by atoms with Crippen LogP contribution in [0.5, 0.6) is 5.75 Å². The lowest BCUT2D eigenvalue weighted by molar-refractivity contribution is 0.478. The van der Waals surface area contributed by atoms with Crippen LogP contribution in [-0.2, 0) is 7.05 Å². The van der Waals surface area contributed by atoms with Crippen LogP contribution in [0.2, 0.25) is 0 Å². The van der Waals surface area contributed by atoms with Crippen molar-refractivity contribution < 1.29 is 5.11 Å². The molecule has 3 nitrogen and oxygen atoms in total. The Balaban J connectivity index is 2.34. The van der Waals surface area contributed by atoms with E-state index in [0.29, 0.717) is 11.7 Å². The standard InChI is InChI=1S/C11H12N2O/c1-13-10-8(3-2-4-9(10)14)12-11(13)7-5-6-7/h2-4,7,14H,5-6H2,1H3.